The number of aromatic nitrogens is 2. The number of esters is 1. The van der Waals surface area contributed by atoms with Crippen molar-refractivity contribution in [2.75, 3.05) is 7.11 Å². The average Bonchev–Trinajstić information content (AvgIpc) is 3.14. The number of nitro groups is 1. The quantitative estimate of drug-likeness (QED) is 0.390. The number of furan rings is 1. The molecule has 0 radical (unpaired) electrons. The molecule has 0 aliphatic rings. The largest absolute Gasteiger partial charge is 0.465 e. The molecule has 0 bridgehead atoms. The van der Waals surface area contributed by atoms with Crippen LogP contribution in [0.4, 0.5) is 5.69 Å². The van der Waals surface area contributed by atoms with Crippen LogP contribution in [0.15, 0.2) is 50.6 Å². The lowest BCUT2D eigenvalue weighted by molar-refractivity contribution is -0.386. The van der Waals surface area contributed by atoms with Crippen LogP contribution in [-0.4, -0.2) is 28.0 Å². The summed E-state index contributed by atoms with van der Waals surface area (Å²) in [6.07, 6.45) is 4.09. The van der Waals surface area contributed by atoms with E-state index < -0.39 is 27.8 Å². The molecule has 3 aromatic rings. The highest BCUT2D eigenvalue weighted by molar-refractivity contribution is 5.89. The molecule has 10 heteroatoms. The molecule has 2 heterocycles. The molecule has 0 amide bonds. The Morgan fingerprint density at radius 3 is 2.54 bits per heavy atom. The van der Waals surface area contributed by atoms with Crippen LogP contribution in [0.25, 0.3) is 23.5 Å². The number of rotatable bonds is 5. The molecule has 0 unspecified atom stereocenters. The van der Waals surface area contributed by atoms with Crippen molar-refractivity contribution in [3.05, 3.63) is 84.4 Å². The highest BCUT2D eigenvalue weighted by Gasteiger charge is 2.18. The summed E-state index contributed by atoms with van der Waals surface area (Å²) in [5.74, 6) is 0.0352. The van der Waals surface area contributed by atoms with Crippen molar-refractivity contribution in [2.45, 2.75) is 0 Å². The number of nitrogens with one attached hydrogen (secondary N) is 2. The van der Waals surface area contributed by atoms with Crippen molar-refractivity contribution in [1.29, 1.82) is 0 Å². The topological polar surface area (TPSA) is 148 Å². The van der Waals surface area contributed by atoms with Gasteiger partial charge in [-0.25, -0.2) is 9.59 Å². The molecule has 0 aliphatic heterocycles. The normalized spacial score (nSPS) is 10.9. The lowest BCUT2D eigenvalue weighted by Crippen LogP contribution is -2.25. The third kappa shape index (κ3) is 3.80. The second-order valence-corrected chi connectivity index (χ2v) is 5.57. The summed E-state index contributed by atoms with van der Waals surface area (Å²) >= 11 is 0. The van der Waals surface area contributed by atoms with Gasteiger partial charge in [-0.15, -0.1) is 0 Å². The summed E-state index contributed by atoms with van der Waals surface area (Å²) in [4.78, 5) is 48.6. The number of carbonyl (C=O) groups excluding carboxylic acids is 1. The second-order valence-electron chi connectivity index (χ2n) is 5.57. The van der Waals surface area contributed by atoms with Gasteiger partial charge in [-0.1, -0.05) is 12.1 Å². The third-order valence-electron chi connectivity index (χ3n) is 3.78. The van der Waals surface area contributed by atoms with E-state index in [9.17, 15) is 24.5 Å². The molecule has 28 heavy (non-hydrogen) atoms. The fraction of sp³-hybridized carbons (Fsp3) is 0.0556. The van der Waals surface area contributed by atoms with Crippen molar-refractivity contribution in [3.8, 4) is 11.3 Å². The van der Waals surface area contributed by atoms with Crippen LogP contribution in [0.2, 0.25) is 0 Å². The number of benzene rings is 1. The molecule has 2 N–H and O–H groups in total. The van der Waals surface area contributed by atoms with Gasteiger partial charge in [0.15, 0.2) is 0 Å². The van der Waals surface area contributed by atoms with Crippen molar-refractivity contribution in [3.63, 3.8) is 0 Å². The summed E-state index contributed by atoms with van der Waals surface area (Å²) in [6.45, 7) is 0. The van der Waals surface area contributed by atoms with Crippen molar-refractivity contribution < 1.29 is 18.9 Å². The Bertz CT molecular complexity index is 1180. The van der Waals surface area contributed by atoms with E-state index >= 15 is 0 Å². The van der Waals surface area contributed by atoms with Crippen molar-refractivity contribution in [2.24, 2.45) is 0 Å². The lowest BCUT2D eigenvalue weighted by Gasteiger charge is -2.00. The Morgan fingerprint density at radius 2 is 1.89 bits per heavy atom. The number of methoxy groups -OCH3 is 1. The van der Waals surface area contributed by atoms with E-state index in [1.54, 1.807) is 30.3 Å². The maximum Gasteiger partial charge on any atom is 0.357 e. The summed E-state index contributed by atoms with van der Waals surface area (Å²) in [7, 11) is 1.29. The molecule has 142 valence electrons. The maximum absolute atomic E-state index is 11.6. The van der Waals surface area contributed by atoms with E-state index in [1.807, 2.05) is 4.98 Å². The van der Waals surface area contributed by atoms with Gasteiger partial charge in [0.05, 0.1) is 23.9 Å². The standard InChI is InChI=1S/C18H13N3O7/c1-27-17(23)12-5-3-11(4-6-12)14-8-10(9-28-14)2-7-13-15(21(25)26)16(22)20-18(24)19-13/h2-9H,1H3,(H2,19,20,22,24)/b7-2+. The van der Waals surface area contributed by atoms with Gasteiger partial charge in [0.1, 0.15) is 11.5 Å². The van der Waals surface area contributed by atoms with Gasteiger partial charge in [-0.05, 0) is 30.4 Å². The summed E-state index contributed by atoms with van der Waals surface area (Å²) < 4.78 is 10.1. The Balaban J connectivity index is 1.88. The maximum atomic E-state index is 11.6. The van der Waals surface area contributed by atoms with E-state index in [1.165, 1.54) is 25.5 Å². The zero-order valence-corrected chi connectivity index (χ0v) is 14.4. The fourth-order valence-electron chi connectivity index (χ4n) is 2.46. The van der Waals surface area contributed by atoms with E-state index in [2.05, 4.69) is 9.72 Å². The van der Waals surface area contributed by atoms with Gasteiger partial charge in [-0.3, -0.25) is 19.9 Å². The van der Waals surface area contributed by atoms with Crippen LogP contribution in [0, 0.1) is 10.1 Å². The van der Waals surface area contributed by atoms with Crippen molar-refractivity contribution >= 4 is 23.8 Å². The first-order valence-electron chi connectivity index (χ1n) is 7.85. The minimum Gasteiger partial charge on any atom is -0.465 e. The molecule has 0 saturated heterocycles. The van der Waals surface area contributed by atoms with Crippen LogP contribution in [-0.2, 0) is 4.74 Å². The number of aromatic amines is 2. The van der Waals surface area contributed by atoms with Gasteiger partial charge in [-0.2, -0.15) is 0 Å². The number of hydrogen-bond donors (Lipinski definition) is 2. The van der Waals surface area contributed by atoms with Crippen molar-refractivity contribution in [1.82, 2.24) is 9.97 Å². The van der Waals surface area contributed by atoms with Gasteiger partial charge >= 0.3 is 22.9 Å². The fourth-order valence-corrected chi connectivity index (χ4v) is 2.46. The number of hydrogen-bond acceptors (Lipinski definition) is 7. The first-order chi connectivity index (χ1) is 13.4. The van der Waals surface area contributed by atoms with Crippen LogP contribution in [0.3, 0.4) is 0 Å². The first-order valence-corrected chi connectivity index (χ1v) is 7.85. The lowest BCUT2D eigenvalue weighted by atomic mass is 10.1. The highest BCUT2D eigenvalue weighted by Crippen LogP contribution is 2.24. The number of nitrogens with zero attached hydrogens (tertiary/aromatic N) is 1. The van der Waals surface area contributed by atoms with Gasteiger partial charge in [0.2, 0.25) is 0 Å². The molecule has 0 spiro atoms. The van der Waals surface area contributed by atoms with Gasteiger partial charge in [0, 0.05) is 11.1 Å². The average molecular weight is 383 g/mol. The molecule has 10 nitrogen and oxygen atoms in total. The third-order valence-corrected chi connectivity index (χ3v) is 3.78. The monoisotopic (exact) mass is 383 g/mol. The second kappa shape index (κ2) is 7.58. The molecule has 0 aliphatic carbocycles. The van der Waals surface area contributed by atoms with Crippen LogP contribution in [0.5, 0.6) is 0 Å². The summed E-state index contributed by atoms with van der Waals surface area (Å²) in [5.41, 5.74) is -1.31. The SMILES string of the molecule is COC(=O)c1ccc(-c2cc(/C=C/c3[nH]c(=O)[nH]c(=O)c3[N+](=O)[O-])co2)cc1. The molecule has 3 rings (SSSR count). The molecular weight excluding hydrogens is 370 g/mol. The molecule has 1 aromatic carbocycles. The summed E-state index contributed by atoms with van der Waals surface area (Å²) in [6, 6.07) is 8.18. The Labute approximate surface area is 156 Å². The van der Waals surface area contributed by atoms with Crippen LogP contribution >= 0.6 is 0 Å². The van der Waals surface area contributed by atoms with E-state index in [-0.39, 0.29) is 5.69 Å². The van der Waals surface area contributed by atoms with Crippen LogP contribution in [0.1, 0.15) is 21.6 Å². The molecule has 0 fully saturated rings. The first kappa shape index (κ1) is 18.6. The zero-order chi connectivity index (χ0) is 20.3. The van der Waals surface area contributed by atoms with E-state index in [0.717, 1.165) is 0 Å². The number of ether oxygens (including phenoxy) is 1. The molecular formula is C18H13N3O7. The predicted octanol–water partition coefficient (Wildman–Crippen LogP) is 2.19. The molecule has 0 atom stereocenters. The summed E-state index contributed by atoms with van der Waals surface area (Å²) in [5, 5.41) is 11.0. The minimum atomic E-state index is -1.09. The van der Waals surface area contributed by atoms with Gasteiger partial charge in [0.25, 0.3) is 0 Å². The van der Waals surface area contributed by atoms with E-state index in [0.29, 0.717) is 22.5 Å². The smallest absolute Gasteiger partial charge is 0.357 e. The predicted molar refractivity (Wildman–Crippen MR) is 98.7 cm³/mol. The Kier molecular flexibility index (Phi) is 5.03. The highest BCUT2D eigenvalue weighted by atomic mass is 16.6. The van der Waals surface area contributed by atoms with Crippen LogP contribution < -0.4 is 11.2 Å². The Hall–Kier alpha value is -4.21. The number of carbonyl (C=O) groups is 1. The van der Waals surface area contributed by atoms with E-state index in [4.69, 9.17) is 4.42 Å². The molecule has 2 aromatic heterocycles. The zero-order valence-electron chi connectivity index (χ0n) is 14.4. The number of H-pyrrole nitrogens is 2. The molecule has 0 saturated carbocycles. The van der Waals surface area contributed by atoms with Gasteiger partial charge < -0.3 is 14.1 Å². The Morgan fingerprint density at radius 1 is 1.18 bits per heavy atom. The minimum absolute atomic E-state index is 0.232.